The third-order valence-corrected chi connectivity index (χ3v) is 5.68. The van der Waals surface area contributed by atoms with Crippen molar-refractivity contribution in [3.8, 4) is 0 Å². The smallest absolute Gasteiger partial charge is 0.262 e. The highest BCUT2D eigenvalue weighted by atomic mass is 32.1. The Morgan fingerprint density at radius 2 is 2.00 bits per heavy atom. The van der Waals surface area contributed by atoms with Crippen molar-refractivity contribution in [2.24, 2.45) is 5.92 Å². The third-order valence-electron chi connectivity index (χ3n) is 4.86. The van der Waals surface area contributed by atoms with Crippen molar-refractivity contribution in [2.45, 2.75) is 38.3 Å². The van der Waals surface area contributed by atoms with Crippen LogP contribution in [0, 0.1) is 5.92 Å². The van der Waals surface area contributed by atoms with Crippen LogP contribution in [0.1, 0.15) is 25.7 Å². The van der Waals surface area contributed by atoms with Crippen LogP contribution in [-0.2, 0) is 16.1 Å². The van der Waals surface area contributed by atoms with Gasteiger partial charge in [-0.2, -0.15) is 0 Å². The standard InChI is InChI=1S/C17H20N4O3S/c22-14(9-21-10-18-15-13(17(21)24)5-8-25-15)19-12-3-6-20(7-4-12)16(23)11-1-2-11/h5,8,10-12H,1-4,6-7,9H2,(H,19,22). The number of amides is 2. The molecule has 1 aliphatic carbocycles. The van der Waals surface area contributed by atoms with Crippen LogP contribution in [0.3, 0.4) is 0 Å². The number of carbonyl (C=O) groups excluding carboxylic acids is 2. The maximum Gasteiger partial charge on any atom is 0.262 e. The molecule has 1 saturated heterocycles. The Labute approximate surface area is 148 Å². The van der Waals surface area contributed by atoms with Gasteiger partial charge in [-0.3, -0.25) is 19.0 Å². The first kappa shape index (κ1) is 16.3. The third kappa shape index (κ3) is 3.44. The van der Waals surface area contributed by atoms with Gasteiger partial charge in [-0.1, -0.05) is 0 Å². The quantitative estimate of drug-likeness (QED) is 0.881. The molecule has 0 radical (unpaired) electrons. The van der Waals surface area contributed by atoms with Crippen molar-refractivity contribution in [3.05, 3.63) is 28.1 Å². The molecule has 2 aliphatic rings. The van der Waals surface area contributed by atoms with E-state index in [4.69, 9.17) is 0 Å². The maximum atomic E-state index is 12.3. The summed E-state index contributed by atoms with van der Waals surface area (Å²) in [6.45, 7) is 1.37. The SMILES string of the molecule is O=C(Cn1cnc2sccc2c1=O)NC1CCN(C(=O)C2CC2)CC1. The average molecular weight is 360 g/mol. The number of likely N-dealkylation sites (tertiary alicyclic amines) is 1. The Morgan fingerprint density at radius 1 is 1.24 bits per heavy atom. The molecule has 1 aliphatic heterocycles. The first-order chi connectivity index (χ1) is 12.1. The zero-order valence-corrected chi connectivity index (χ0v) is 14.6. The van der Waals surface area contributed by atoms with Gasteiger partial charge in [-0.05, 0) is 37.1 Å². The molecule has 8 heteroatoms. The molecule has 2 aromatic heterocycles. The van der Waals surface area contributed by atoms with E-state index in [0.29, 0.717) is 23.3 Å². The van der Waals surface area contributed by atoms with Gasteiger partial charge >= 0.3 is 0 Å². The molecule has 25 heavy (non-hydrogen) atoms. The summed E-state index contributed by atoms with van der Waals surface area (Å²) in [7, 11) is 0. The van der Waals surface area contributed by atoms with Crippen molar-refractivity contribution < 1.29 is 9.59 Å². The first-order valence-corrected chi connectivity index (χ1v) is 9.50. The molecule has 0 atom stereocenters. The van der Waals surface area contributed by atoms with Crippen molar-refractivity contribution in [1.82, 2.24) is 19.8 Å². The number of aromatic nitrogens is 2. The minimum Gasteiger partial charge on any atom is -0.352 e. The average Bonchev–Trinajstić information content (AvgIpc) is 3.35. The fourth-order valence-corrected chi connectivity index (χ4v) is 3.99. The fourth-order valence-electron chi connectivity index (χ4n) is 3.27. The molecule has 2 fully saturated rings. The topological polar surface area (TPSA) is 84.3 Å². The van der Waals surface area contributed by atoms with E-state index in [1.54, 1.807) is 6.07 Å². The summed E-state index contributed by atoms with van der Waals surface area (Å²) in [6, 6.07) is 1.79. The number of hydrogen-bond donors (Lipinski definition) is 1. The Hall–Kier alpha value is -2.22. The highest BCUT2D eigenvalue weighted by Gasteiger charge is 2.35. The Kier molecular flexibility index (Phi) is 4.29. The molecule has 132 valence electrons. The van der Waals surface area contributed by atoms with E-state index >= 15 is 0 Å². The van der Waals surface area contributed by atoms with E-state index in [1.165, 1.54) is 22.2 Å². The van der Waals surface area contributed by atoms with Crippen molar-refractivity contribution in [3.63, 3.8) is 0 Å². The lowest BCUT2D eigenvalue weighted by atomic mass is 10.0. The summed E-state index contributed by atoms with van der Waals surface area (Å²) < 4.78 is 1.34. The number of carbonyl (C=O) groups is 2. The lowest BCUT2D eigenvalue weighted by Gasteiger charge is -2.32. The normalized spacial score (nSPS) is 18.5. The molecule has 0 bridgehead atoms. The van der Waals surface area contributed by atoms with Gasteiger partial charge in [0.1, 0.15) is 11.4 Å². The summed E-state index contributed by atoms with van der Waals surface area (Å²) in [5.41, 5.74) is -0.189. The number of piperidine rings is 1. The molecule has 0 aromatic carbocycles. The van der Waals surface area contributed by atoms with Crippen molar-refractivity contribution in [2.75, 3.05) is 13.1 Å². The molecule has 2 aromatic rings. The number of nitrogens with one attached hydrogen (secondary N) is 1. The van der Waals surface area contributed by atoms with Crippen LogP contribution < -0.4 is 10.9 Å². The Bertz CT molecular complexity index is 862. The van der Waals surface area contributed by atoms with Crippen LogP contribution >= 0.6 is 11.3 Å². The van der Waals surface area contributed by atoms with E-state index in [1.807, 2.05) is 10.3 Å². The van der Waals surface area contributed by atoms with Gasteiger partial charge in [-0.15, -0.1) is 11.3 Å². The first-order valence-electron chi connectivity index (χ1n) is 8.62. The molecule has 7 nitrogen and oxygen atoms in total. The molecular weight excluding hydrogens is 340 g/mol. The number of fused-ring (bicyclic) bond motifs is 1. The summed E-state index contributed by atoms with van der Waals surface area (Å²) in [4.78, 5) is 43.4. The number of thiophene rings is 1. The van der Waals surface area contributed by atoms with Crippen molar-refractivity contribution in [1.29, 1.82) is 0 Å². The second-order valence-corrected chi connectivity index (χ2v) is 7.65. The van der Waals surface area contributed by atoms with Crippen LogP contribution in [0.4, 0.5) is 0 Å². The lowest BCUT2D eigenvalue weighted by Crippen LogP contribution is -2.48. The Balaban J connectivity index is 1.32. The predicted molar refractivity (Wildman–Crippen MR) is 94.3 cm³/mol. The van der Waals surface area contributed by atoms with E-state index < -0.39 is 0 Å². The van der Waals surface area contributed by atoms with Gasteiger partial charge in [0.25, 0.3) is 5.56 Å². The largest absolute Gasteiger partial charge is 0.352 e. The van der Waals surface area contributed by atoms with Crippen LogP contribution in [0.2, 0.25) is 0 Å². The molecule has 4 rings (SSSR count). The van der Waals surface area contributed by atoms with Crippen LogP contribution in [0.5, 0.6) is 0 Å². The summed E-state index contributed by atoms with van der Waals surface area (Å²) in [6.07, 6.45) is 5.00. The zero-order chi connectivity index (χ0) is 17.4. The monoisotopic (exact) mass is 360 g/mol. The predicted octanol–water partition coefficient (Wildman–Crippen LogP) is 0.975. The number of hydrogen-bond acceptors (Lipinski definition) is 5. The van der Waals surface area contributed by atoms with Gasteiger partial charge in [0.15, 0.2) is 0 Å². The summed E-state index contributed by atoms with van der Waals surface area (Å²) >= 11 is 1.41. The molecule has 1 saturated carbocycles. The molecule has 0 unspecified atom stereocenters. The molecule has 0 spiro atoms. The second kappa shape index (κ2) is 6.59. The lowest BCUT2D eigenvalue weighted by molar-refractivity contribution is -0.133. The number of rotatable bonds is 4. The molecular formula is C17H20N4O3S. The minimum atomic E-state index is -0.189. The molecule has 2 amide bonds. The van der Waals surface area contributed by atoms with Crippen LogP contribution in [0.15, 0.2) is 22.6 Å². The Morgan fingerprint density at radius 3 is 2.72 bits per heavy atom. The van der Waals surface area contributed by atoms with Gasteiger partial charge in [0.2, 0.25) is 11.8 Å². The maximum absolute atomic E-state index is 12.3. The number of nitrogens with zero attached hydrogens (tertiary/aromatic N) is 3. The minimum absolute atomic E-state index is 0.0289. The van der Waals surface area contributed by atoms with E-state index in [9.17, 15) is 14.4 Å². The highest BCUT2D eigenvalue weighted by Crippen LogP contribution is 2.31. The second-order valence-electron chi connectivity index (χ2n) is 6.76. The summed E-state index contributed by atoms with van der Waals surface area (Å²) in [5, 5.41) is 5.35. The van der Waals surface area contributed by atoms with Crippen LogP contribution in [-0.4, -0.2) is 45.4 Å². The van der Waals surface area contributed by atoms with Crippen molar-refractivity contribution >= 4 is 33.4 Å². The zero-order valence-electron chi connectivity index (χ0n) is 13.8. The van der Waals surface area contributed by atoms with E-state index in [-0.39, 0.29) is 35.9 Å². The summed E-state index contributed by atoms with van der Waals surface area (Å²) in [5.74, 6) is 0.328. The highest BCUT2D eigenvalue weighted by molar-refractivity contribution is 7.16. The fraction of sp³-hybridized carbons (Fsp3) is 0.529. The van der Waals surface area contributed by atoms with Gasteiger partial charge in [-0.25, -0.2) is 4.98 Å². The van der Waals surface area contributed by atoms with Gasteiger partial charge < -0.3 is 10.2 Å². The molecule has 3 heterocycles. The van der Waals surface area contributed by atoms with Gasteiger partial charge in [0, 0.05) is 25.0 Å². The van der Waals surface area contributed by atoms with E-state index in [2.05, 4.69) is 10.3 Å². The van der Waals surface area contributed by atoms with E-state index in [0.717, 1.165) is 25.7 Å². The van der Waals surface area contributed by atoms with Gasteiger partial charge in [0.05, 0.1) is 11.7 Å². The molecule has 1 N–H and O–H groups in total. The van der Waals surface area contributed by atoms with Crippen LogP contribution in [0.25, 0.3) is 10.2 Å².